The lowest BCUT2D eigenvalue weighted by atomic mass is 10.1. The number of nitrogens with zero attached hydrogens (tertiary/aromatic N) is 1. The van der Waals surface area contributed by atoms with Gasteiger partial charge in [0.1, 0.15) is 5.82 Å². The number of rotatable bonds is 8. The fourth-order valence-corrected chi connectivity index (χ4v) is 2.20. The van der Waals surface area contributed by atoms with Crippen molar-refractivity contribution in [3.63, 3.8) is 0 Å². The van der Waals surface area contributed by atoms with E-state index in [1.165, 1.54) is 19.1 Å². The number of amides is 2. The Labute approximate surface area is 131 Å². The van der Waals surface area contributed by atoms with Gasteiger partial charge in [0.05, 0.1) is 6.04 Å². The Morgan fingerprint density at radius 1 is 1.18 bits per heavy atom. The molecule has 1 unspecified atom stereocenters. The van der Waals surface area contributed by atoms with Crippen LogP contribution in [-0.2, 0) is 9.59 Å². The summed E-state index contributed by atoms with van der Waals surface area (Å²) in [4.78, 5) is 24.6. The van der Waals surface area contributed by atoms with Gasteiger partial charge in [0.15, 0.2) is 0 Å². The second-order valence-corrected chi connectivity index (χ2v) is 5.53. The Balaban J connectivity index is 2.32. The third kappa shape index (κ3) is 6.24. The van der Waals surface area contributed by atoms with E-state index in [9.17, 15) is 14.0 Å². The maximum absolute atomic E-state index is 12.9. The zero-order valence-electron chi connectivity index (χ0n) is 13.6. The summed E-state index contributed by atoms with van der Waals surface area (Å²) in [6.45, 7) is 4.09. The zero-order valence-corrected chi connectivity index (χ0v) is 13.6. The SMILES string of the molecule is CC(=O)NCCCCCC(=O)N(C)C(C)c1ccc(F)cc1. The Morgan fingerprint density at radius 2 is 1.82 bits per heavy atom. The van der Waals surface area contributed by atoms with Crippen molar-refractivity contribution >= 4 is 11.8 Å². The van der Waals surface area contributed by atoms with Gasteiger partial charge in [-0.05, 0) is 37.5 Å². The molecule has 122 valence electrons. The summed E-state index contributed by atoms with van der Waals surface area (Å²) >= 11 is 0. The second kappa shape index (κ2) is 9.18. The third-order valence-electron chi connectivity index (χ3n) is 3.77. The molecule has 1 aromatic rings. The average Bonchev–Trinajstić information content (AvgIpc) is 2.49. The van der Waals surface area contributed by atoms with Crippen LogP contribution in [-0.4, -0.2) is 30.3 Å². The molecule has 0 aliphatic heterocycles. The van der Waals surface area contributed by atoms with Gasteiger partial charge in [-0.2, -0.15) is 0 Å². The lowest BCUT2D eigenvalue weighted by Gasteiger charge is -2.25. The molecule has 2 amide bonds. The largest absolute Gasteiger partial charge is 0.356 e. The average molecular weight is 308 g/mol. The highest BCUT2D eigenvalue weighted by Gasteiger charge is 2.16. The van der Waals surface area contributed by atoms with Gasteiger partial charge < -0.3 is 10.2 Å². The minimum absolute atomic E-state index is 0.0241. The first-order chi connectivity index (χ1) is 10.4. The first-order valence-corrected chi connectivity index (χ1v) is 7.67. The summed E-state index contributed by atoms with van der Waals surface area (Å²) in [6, 6.07) is 6.15. The molecule has 1 rings (SSSR count). The van der Waals surface area contributed by atoms with E-state index in [0.29, 0.717) is 13.0 Å². The minimum atomic E-state index is -0.274. The number of nitrogens with one attached hydrogen (secondary N) is 1. The highest BCUT2D eigenvalue weighted by Crippen LogP contribution is 2.20. The van der Waals surface area contributed by atoms with Gasteiger partial charge in [-0.15, -0.1) is 0 Å². The molecule has 22 heavy (non-hydrogen) atoms. The standard InChI is InChI=1S/C17H25FN2O2/c1-13(15-8-10-16(18)11-9-15)20(3)17(22)7-5-4-6-12-19-14(2)21/h8-11,13H,4-7,12H2,1-3H3,(H,19,21). The minimum Gasteiger partial charge on any atom is -0.356 e. The molecule has 1 aromatic carbocycles. The maximum atomic E-state index is 12.9. The molecule has 0 saturated heterocycles. The molecule has 0 heterocycles. The fraction of sp³-hybridized carbons (Fsp3) is 0.529. The molecule has 0 bridgehead atoms. The Hall–Kier alpha value is -1.91. The quantitative estimate of drug-likeness (QED) is 0.750. The smallest absolute Gasteiger partial charge is 0.222 e. The molecule has 0 fully saturated rings. The molecule has 0 aromatic heterocycles. The van der Waals surface area contributed by atoms with E-state index >= 15 is 0 Å². The van der Waals surface area contributed by atoms with E-state index < -0.39 is 0 Å². The number of benzene rings is 1. The number of hydrogen-bond donors (Lipinski definition) is 1. The van der Waals surface area contributed by atoms with Gasteiger partial charge in [0.2, 0.25) is 11.8 Å². The van der Waals surface area contributed by atoms with E-state index in [0.717, 1.165) is 24.8 Å². The van der Waals surface area contributed by atoms with Crippen LogP contribution < -0.4 is 5.32 Å². The van der Waals surface area contributed by atoms with Crippen LogP contribution in [0.3, 0.4) is 0 Å². The number of carbonyl (C=O) groups excluding carboxylic acids is 2. The normalized spacial score (nSPS) is 11.8. The van der Waals surface area contributed by atoms with E-state index in [4.69, 9.17) is 0 Å². The summed E-state index contributed by atoms with van der Waals surface area (Å²) in [7, 11) is 1.77. The van der Waals surface area contributed by atoms with Crippen LogP contribution in [0.1, 0.15) is 51.1 Å². The van der Waals surface area contributed by atoms with Crippen LogP contribution >= 0.6 is 0 Å². The van der Waals surface area contributed by atoms with Crippen molar-refractivity contribution in [1.82, 2.24) is 10.2 Å². The van der Waals surface area contributed by atoms with Crippen molar-refractivity contribution in [2.75, 3.05) is 13.6 Å². The molecule has 0 radical (unpaired) electrons. The van der Waals surface area contributed by atoms with Crippen molar-refractivity contribution in [2.45, 2.75) is 45.6 Å². The van der Waals surface area contributed by atoms with Crippen molar-refractivity contribution in [1.29, 1.82) is 0 Å². The van der Waals surface area contributed by atoms with Gasteiger partial charge in [0.25, 0.3) is 0 Å². The van der Waals surface area contributed by atoms with Crippen LogP contribution in [0.4, 0.5) is 4.39 Å². The monoisotopic (exact) mass is 308 g/mol. The lowest BCUT2D eigenvalue weighted by Crippen LogP contribution is -2.29. The lowest BCUT2D eigenvalue weighted by molar-refractivity contribution is -0.132. The molecule has 0 aliphatic carbocycles. The van der Waals surface area contributed by atoms with Gasteiger partial charge in [0, 0.05) is 26.9 Å². The Bertz CT molecular complexity index is 488. The second-order valence-electron chi connectivity index (χ2n) is 5.53. The number of hydrogen-bond acceptors (Lipinski definition) is 2. The van der Waals surface area contributed by atoms with Gasteiger partial charge in [-0.25, -0.2) is 4.39 Å². The van der Waals surface area contributed by atoms with Crippen LogP contribution in [0.15, 0.2) is 24.3 Å². The fourth-order valence-electron chi connectivity index (χ4n) is 2.20. The third-order valence-corrected chi connectivity index (χ3v) is 3.77. The molecule has 0 spiro atoms. The van der Waals surface area contributed by atoms with Crippen LogP contribution in [0.2, 0.25) is 0 Å². The maximum Gasteiger partial charge on any atom is 0.222 e. The van der Waals surface area contributed by atoms with Crippen molar-refractivity contribution < 1.29 is 14.0 Å². The highest BCUT2D eigenvalue weighted by molar-refractivity contribution is 5.76. The van der Waals surface area contributed by atoms with Gasteiger partial charge >= 0.3 is 0 Å². The van der Waals surface area contributed by atoms with Crippen molar-refractivity contribution in [2.24, 2.45) is 0 Å². The Morgan fingerprint density at radius 3 is 2.41 bits per heavy atom. The highest BCUT2D eigenvalue weighted by atomic mass is 19.1. The number of carbonyl (C=O) groups is 2. The van der Waals surface area contributed by atoms with E-state index in [-0.39, 0.29) is 23.7 Å². The molecular weight excluding hydrogens is 283 g/mol. The molecule has 1 atom stereocenters. The molecule has 4 nitrogen and oxygen atoms in total. The molecule has 1 N–H and O–H groups in total. The van der Waals surface area contributed by atoms with E-state index in [1.807, 2.05) is 6.92 Å². The van der Waals surface area contributed by atoms with Crippen LogP contribution in [0.25, 0.3) is 0 Å². The number of halogens is 1. The van der Waals surface area contributed by atoms with E-state index in [2.05, 4.69) is 5.32 Å². The summed E-state index contributed by atoms with van der Waals surface area (Å²) in [5.41, 5.74) is 0.919. The van der Waals surface area contributed by atoms with Gasteiger partial charge in [-0.1, -0.05) is 18.6 Å². The van der Waals surface area contributed by atoms with Crippen LogP contribution in [0, 0.1) is 5.82 Å². The Kier molecular flexibility index (Phi) is 7.57. The first kappa shape index (κ1) is 18.1. The molecule has 0 saturated carbocycles. The predicted molar refractivity (Wildman–Crippen MR) is 84.7 cm³/mol. The number of unbranched alkanes of at least 4 members (excludes halogenated alkanes) is 2. The predicted octanol–water partition coefficient (Wildman–Crippen LogP) is 3.04. The summed E-state index contributed by atoms with van der Waals surface area (Å²) in [6.07, 6.45) is 3.08. The molecular formula is C17H25FN2O2. The molecule has 5 heteroatoms. The topological polar surface area (TPSA) is 49.4 Å². The van der Waals surface area contributed by atoms with Crippen molar-refractivity contribution in [3.8, 4) is 0 Å². The molecule has 0 aliphatic rings. The van der Waals surface area contributed by atoms with Crippen LogP contribution in [0.5, 0.6) is 0 Å². The summed E-state index contributed by atoms with van der Waals surface area (Å²) < 4.78 is 12.9. The zero-order chi connectivity index (χ0) is 16.5. The summed E-state index contributed by atoms with van der Waals surface area (Å²) in [5, 5.41) is 2.74. The first-order valence-electron chi connectivity index (χ1n) is 7.67. The van der Waals surface area contributed by atoms with Gasteiger partial charge in [-0.3, -0.25) is 9.59 Å². The van der Waals surface area contributed by atoms with E-state index in [1.54, 1.807) is 24.1 Å². The summed E-state index contributed by atoms with van der Waals surface area (Å²) in [5.74, 6) is -0.218. The van der Waals surface area contributed by atoms with Crippen molar-refractivity contribution in [3.05, 3.63) is 35.6 Å².